The number of benzene rings is 1. The molecular weight excluding hydrogens is 300 g/mol. The number of rotatable bonds is 3. The lowest BCUT2D eigenvalue weighted by Crippen LogP contribution is -2.08. The van der Waals surface area contributed by atoms with Crippen LogP contribution in [0.4, 0.5) is 11.4 Å². The van der Waals surface area contributed by atoms with E-state index in [9.17, 15) is 14.9 Å². The number of hydrogen-bond donors (Lipinski definition) is 1. The highest BCUT2D eigenvalue weighted by Gasteiger charge is 2.14. The fourth-order valence-electron chi connectivity index (χ4n) is 1.27. The number of amides is 1. The van der Waals surface area contributed by atoms with E-state index in [-0.39, 0.29) is 17.3 Å². The first-order valence-electron chi connectivity index (χ1n) is 5.15. The summed E-state index contributed by atoms with van der Waals surface area (Å²) in [7, 11) is 0. The molecule has 0 bridgehead atoms. The van der Waals surface area contributed by atoms with Crippen LogP contribution in [0.1, 0.15) is 18.9 Å². The molecule has 1 aromatic rings. The molecule has 18 heavy (non-hydrogen) atoms. The maximum absolute atomic E-state index is 10.9. The maximum atomic E-state index is 10.9. The predicted octanol–water partition coefficient (Wildman–Crippen LogP) is 2.69. The smallest absolute Gasteiger partial charge is 0.293 e. The Kier molecular flexibility index (Phi) is 5.33. The topological polar surface area (TPSA) is 72.2 Å². The van der Waals surface area contributed by atoms with Crippen LogP contribution in [0.3, 0.4) is 0 Å². The zero-order valence-corrected chi connectivity index (χ0v) is 11.3. The van der Waals surface area contributed by atoms with Crippen molar-refractivity contribution in [1.29, 1.82) is 0 Å². The summed E-state index contributed by atoms with van der Waals surface area (Å²) in [6.07, 6.45) is 0.668. The van der Waals surface area contributed by atoms with E-state index >= 15 is 0 Å². The monoisotopic (exact) mass is 310 g/mol. The normalized spacial score (nSPS) is 9.22. The number of hydrogen-bond acceptors (Lipinski definition) is 3. The van der Waals surface area contributed by atoms with Crippen molar-refractivity contribution in [2.75, 3.05) is 10.6 Å². The molecule has 0 saturated heterocycles. The molecule has 0 aliphatic carbocycles. The van der Waals surface area contributed by atoms with Crippen LogP contribution >= 0.6 is 15.9 Å². The van der Waals surface area contributed by atoms with Crippen LogP contribution < -0.4 is 5.32 Å². The lowest BCUT2D eigenvalue weighted by molar-refractivity contribution is -0.383. The summed E-state index contributed by atoms with van der Waals surface area (Å²) in [5.41, 5.74) is 0.575. The minimum atomic E-state index is -0.541. The third kappa shape index (κ3) is 4.18. The Bertz CT molecular complexity index is 532. The molecule has 1 aromatic carbocycles. The van der Waals surface area contributed by atoms with Gasteiger partial charge in [0, 0.05) is 30.3 Å². The Hall–Kier alpha value is -1.87. The Balaban J connectivity index is 3.08. The van der Waals surface area contributed by atoms with E-state index < -0.39 is 4.92 Å². The van der Waals surface area contributed by atoms with Crippen LogP contribution in [0.15, 0.2) is 18.2 Å². The molecule has 1 amide bonds. The molecule has 0 aromatic heterocycles. The number of halogens is 1. The molecule has 0 aliphatic rings. The number of alkyl halides is 1. The van der Waals surface area contributed by atoms with Crippen molar-refractivity contribution >= 4 is 33.2 Å². The SMILES string of the molecule is CC(=O)Nc1ccc(C#CCCBr)cc1[N+](=O)[O-]. The molecule has 5 nitrogen and oxygen atoms in total. The highest BCUT2D eigenvalue weighted by atomic mass is 79.9. The van der Waals surface area contributed by atoms with Gasteiger partial charge in [-0.15, -0.1) is 0 Å². The van der Waals surface area contributed by atoms with Gasteiger partial charge in [0.1, 0.15) is 5.69 Å². The molecule has 0 unspecified atom stereocenters. The average Bonchev–Trinajstić information content (AvgIpc) is 2.30. The molecule has 0 radical (unpaired) electrons. The molecule has 0 spiro atoms. The van der Waals surface area contributed by atoms with Gasteiger partial charge in [0.05, 0.1) is 4.92 Å². The number of carbonyl (C=O) groups excluding carboxylic acids is 1. The van der Waals surface area contributed by atoms with Gasteiger partial charge < -0.3 is 5.32 Å². The number of nitrogens with zero attached hydrogens (tertiary/aromatic N) is 1. The summed E-state index contributed by atoms with van der Waals surface area (Å²) in [5.74, 6) is 5.34. The van der Waals surface area contributed by atoms with Crippen LogP contribution in [-0.4, -0.2) is 16.2 Å². The highest BCUT2D eigenvalue weighted by Crippen LogP contribution is 2.25. The van der Waals surface area contributed by atoms with Crippen molar-refractivity contribution in [3.05, 3.63) is 33.9 Å². The number of nitro benzene ring substituents is 1. The molecule has 94 valence electrons. The summed E-state index contributed by atoms with van der Waals surface area (Å²) in [5, 5.41) is 14.1. The first-order chi connectivity index (χ1) is 8.54. The van der Waals surface area contributed by atoms with Crippen LogP contribution in [0.2, 0.25) is 0 Å². The summed E-state index contributed by atoms with van der Waals surface area (Å²) in [6.45, 7) is 1.30. The quantitative estimate of drug-likeness (QED) is 0.404. The van der Waals surface area contributed by atoms with Gasteiger partial charge in [0.15, 0.2) is 0 Å². The molecule has 0 saturated carbocycles. The fourth-order valence-corrected chi connectivity index (χ4v) is 1.47. The molecule has 6 heteroatoms. The van der Waals surface area contributed by atoms with E-state index in [1.165, 1.54) is 19.1 Å². The van der Waals surface area contributed by atoms with Gasteiger partial charge in [-0.3, -0.25) is 14.9 Å². The zero-order valence-electron chi connectivity index (χ0n) is 9.70. The van der Waals surface area contributed by atoms with Crippen LogP contribution in [0.25, 0.3) is 0 Å². The van der Waals surface area contributed by atoms with Gasteiger partial charge in [0.2, 0.25) is 5.91 Å². The number of carbonyl (C=O) groups is 1. The van der Waals surface area contributed by atoms with Crippen molar-refractivity contribution in [1.82, 2.24) is 0 Å². The first kappa shape index (κ1) is 14.2. The average molecular weight is 311 g/mol. The maximum Gasteiger partial charge on any atom is 0.293 e. The van der Waals surface area contributed by atoms with Crippen molar-refractivity contribution in [2.24, 2.45) is 0 Å². The number of nitro groups is 1. The molecule has 0 aliphatic heterocycles. The minimum Gasteiger partial charge on any atom is -0.321 e. The second-order valence-electron chi connectivity index (χ2n) is 3.41. The third-order valence-electron chi connectivity index (χ3n) is 1.96. The number of anilines is 1. The molecule has 0 atom stereocenters. The van der Waals surface area contributed by atoms with E-state index in [4.69, 9.17) is 0 Å². The van der Waals surface area contributed by atoms with Crippen molar-refractivity contribution < 1.29 is 9.72 Å². The van der Waals surface area contributed by atoms with Gasteiger partial charge in [-0.05, 0) is 12.1 Å². The molecule has 1 N–H and O–H groups in total. The van der Waals surface area contributed by atoms with Gasteiger partial charge >= 0.3 is 0 Å². The van der Waals surface area contributed by atoms with Crippen LogP contribution in [-0.2, 0) is 4.79 Å². The van der Waals surface area contributed by atoms with Gasteiger partial charge in [-0.25, -0.2) is 0 Å². The number of nitrogens with one attached hydrogen (secondary N) is 1. The van der Waals surface area contributed by atoms with E-state index in [1.54, 1.807) is 6.07 Å². The lowest BCUT2D eigenvalue weighted by atomic mass is 10.1. The zero-order chi connectivity index (χ0) is 13.5. The molecule has 0 heterocycles. The summed E-state index contributed by atoms with van der Waals surface area (Å²) >= 11 is 3.24. The lowest BCUT2D eigenvalue weighted by Gasteiger charge is -2.03. The summed E-state index contributed by atoms with van der Waals surface area (Å²) in [4.78, 5) is 21.3. The molecular formula is C12H11BrN2O3. The third-order valence-corrected chi connectivity index (χ3v) is 2.35. The van der Waals surface area contributed by atoms with Crippen molar-refractivity contribution in [2.45, 2.75) is 13.3 Å². The highest BCUT2D eigenvalue weighted by molar-refractivity contribution is 9.09. The summed E-state index contributed by atoms with van der Waals surface area (Å²) in [6, 6.07) is 4.48. The summed E-state index contributed by atoms with van der Waals surface area (Å²) < 4.78 is 0. The van der Waals surface area contributed by atoms with Gasteiger partial charge in [-0.1, -0.05) is 27.8 Å². The molecule has 0 fully saturated rings. The standard InChI is InChI=1S/C12H11BrN2O3/c1-9(16)14-11-6-5-10(4-2-3-7-13)8-12(11)15(17)18/h5-6,8H,3,7H2,1H3,(H,14,16). The minimum absolute atomic E-state index is 0.157. The van der Waals surface area contributed by atoms with E-state index in [0.717, 1.165) is 5.33 Å². The van der Waals surface area contributed by atoms with Crippen LogP contribution in [0.5, 0.6) is 0 Å². The van der Waals surface area contributed by atoms with E-state index in [2.05, 4.69) is 33.1 Å². The Morgan fingerprint density at radius 3 is 2.83 bits per heavy atom. The van der Waals surface area contributed by atoms with Crippen molar-refractivity contribution in [3.8, 4) is 11.8 Å². The van der Waals surface area contributed by atoms with Crippen LogP contribution in [0, 0.1) is 22.0 Å². The second-order valence-corrected chi connectivity index (χ2v) is 4.20. The second kappa shape index (κ2) is 6.77. The van der Waals surface area contributed by atoms with Gasteiger partial charge in [0.25, 0.3) is 5.69 Å². The predicted molar refractivity (Wildman–Crippen MR) is 72.7 cm³/mol. The largest absolute Gasteiger partial charge is 0.321 e. The Morgan fingerprint density at radius 2 is 2.28 bits per heavy atom. The Morgan fingerprint density at radius 1 is 1.56 bits per heavy atom. The fraction of sp³-hybridized carbons (Fsp3) is 0.250. The van der Waals surface area contributed by atoms with Crippen molar-refractivity contribution in [3.63, 3.8) is 0 Å². The van der Waals surface area contributed by atoms with E-state index in [0.29, 0.717) is 12.0 Å². The van der Waals surface area contributed by atoms with E-state index in [1.807, 2.05) is 0 Å². The first-order valence-corrected chi connectivity index (χ1v) is 6.27. The Labute approximate surface area is 113 Å². The molecule has 1 rings (SSSR count). The van der Waals surface area contributed by atoms with Gasteiger partial charge in [-0.2, -0.15) is 0 Å².